The Hall–Kier alpha value is -1.73. The summed E-state index contributed by atoms with van der Waals surface area (Å²) in [5.41, 5.74) is 0.589. The van der Waals surface area contributed by atoms with Gasteiger partial charge >= 0.3 is 5.97 Å². The number of aliphatic carboxylic acids is 1. The van der Waals surface area contributed by atoms with Gasteiger partial charge in [0.25, 0.3) is 0 Å². The molecule has 1 rings (SSSR count). The van der Waals surface area contributed by atoms with Crippen LogP contribution in [0.5, 0.6) is 5.75 Å². The molecule has 0 heterocycles. The van der Waals surface area contributed by atoms with Gasteiger partial charge in [-0.1, -0.05) is 11.6 Å². The van der Waals surface area contributed by atoms with Crippen LogP contribution in [0.1, 0.15) is 5.56 Å². The molecule has 15 heavy (non-hydrogen) atoms. The van der Waals surface area contributed by atoms with Gasteiger partial charge in [0.15, 0.2) is 6.61 Å². The van der Waals surface area contributed by atoms with E-state index in [-0.39, 0.29) is 6.42 Å². The zero-order chi connectivity index (χ0) is 11.3. The van der Waals surface area contributed by atoms with E-state index in [9.17, 15) is 4.79 Å². The van der Waals surface area contributed by atoms with E-state index >= 15 is 0 Å². The molecule has 0 aromatic heterocycles. The molecule has 4 nitrogen and oxygen atoms in total. The number of benzene rings is 1. The van der Waals surface area contributed by atoms with Crippen molar-refractivity contribution in [3.8, 4) is 11.8 Å². The number of halogens is 1. The summed E-state index contributed by atoms with van der Waals surface area (Å²) < 4.78 is 5.00. The summed E-state index contributed by atoms with van der Waals surface area (Å²) in [6.45, 7) is -0.430. The number of carbonyl (C=O) groups is 1. The second-order valence-corrected chi connectivity index (χ2v) is 3.21. The molecule has 0 bridgehead atoms. The van der Waals surface area contributed by atoms with Gasteiger partial charge in [-0.3, -0.25) is 0 Å². The first-order valence-electron chi connectivity index (χ1n) is 4.13. The standard InChI is InChI=1S/C10H8ClNO3/c11-8-1-2-9(15-6-10(13)14)7(5-8)3-4-12/h1-2,5H,3,6H2,(H,13,14). The topological polar surface area (TPSA) is 70.3 Å². The van der Waals surface area contributed by atoms with Gasteiger partial charge in [0.05, 0.1) is 12.5 Å². The molecule has 0 radical (unpaired) electrons. The molecule has 0 unspecified atom stereocenters. The van der Waals surface area contributed by atoms with Crippen molar-refractivity contribution >= 4 is 17.6 Å². The molecule has 0 amide bonds. The smallest absolute Gasteiger partial charge is 0.341 e. The minimum absolute atomic E-state index is 0.134. The molecule has 0 aliphatic heterocycles. The number of carboxylic acids is 1. The monoisotopic (exact) mass is 225 g/mol. The number of nitriles is 1. The Balaban J connectivity index is 2.86. The van der Waals surface area contributed by atoms with Gasteiger partial charge in [0.1, 0.15) is 5.75 Å². The molecule has 0 aliphatic rings. The highest BCUT2D eigenvalue weighted by Crippen LogP contribution is 2.23. The Bertz CT molecular complexity index is 412. The Morgan fingerprint density at radius 2 is 2.33 bits per heavy atom. The largest absolute Gasteiger partial charge is 0.482 e. The lowest BCUT2D eigenvalue weighted by Gasteiger charge is -2.07. The lowest BCUT2D eigenvalue weighted by atomic mass is 10.1. The molecule has 0 fully saturated rings. The van der Waals surface area contributed by atoms with Crippen LogP contribution in [0, 0.1) is 11.3 Å². The maximum atomic E-state index is 10.3. The van der Waals surface area contributed by atoms with Gasteiger partial charge in [0.2, 0.25) is 0 Å². The Labute approximate surface area is 91.7 Å². The minimum atomic E-state index is -1.06. The van der Waals surface area contributed by atoms with Crippen molar-refractivity contribution in [3.63, 3.8) is 0 Å². The summed E-state index contributed by atoms with van der Waals surface area (Å²) in [6.07, 6.45) is 0.134. The predicted molar refractivity (Wildman–Crippen MR) is 53.9 cm³/mol. The van der Waals surface area contributed by atoms with Gasteiger partial charge in [-0.2, -0.15) is 5.26 Å². The first-order chi connectivity index (χ1) is 7.13. The quantitative estimate of drug-likeness (QED) is 0.849. The summed E-state index contributed by atoms with van der Waals surface area (Å²) >= 11 is 5.73. The van der Waals surface area contributed by atoms with Crippen molar-refractivity contribution in [1.29, 1.82) is 5.26 Å². The number of nitrogens with zero attached hydrogens (tertiary/aromatic N) is 1. The second-order valence-electron chi connectivity index (χ2n) is 2.77. The summed E-state index contributed by atoms with van der Waals surface area (Å²) in [5.74, 6) is -0.684. The highest BCUT2D eigenvalue weighted by Gasteiger charge is 2.06. The Kier molecular flexibility index (Phi) is 3.95. The van der Waals surface area contributed by atoms with Crippen molar-refractivity contribution in [2.45, 2.75) is 6.42 Å². The van der Waals surface area contributed by atoms with Crippen molar-refractivity contribution in [1.82, 2.24) is 0 Å². The van der Waals surface area contributed by atoms with Crippen LogP contribution in [-0.2, 0) is 11.2 Å². The zero-order valence-corrected chi connectivity index (χ0v) is 8.49. The normalized spacial score (nSPS) is 9.33. The van der Waals surface area contributed by atoms with Gasteiger partial charge in [0, 0.05) is 10.6 Å². The van der Waals surface area contributed by atoms with Crippen LogP contribution in [0.15, 0.2) is 18.2 Å². The average molecular weight is 226 g/mol. The molecule has 0 saturated carbocycles. The average Bonchev–Trinajstić information content (AvgIpc) is 2.17. The molecule has 1 aromatic rings. The van der Waals surface area contributed by atoms with Crippen molar-refractivity contribution in [3.05, 3.63) is 28.8 Å². The van der Waals surface area contributed by atoms with Crippen LogP contribution >= 0.6 is 11.6 Å². The first-order valence-corrected chi connectivity index (χ1v) is 4.51. The number of hydrogen-bond acceptors (Lipinski definition) is 3. The molecule has 0 atom stereocenters. The molecule has 1 aromatic carbocycles. The third kappa shape index (κ3) is 3.49. The van der Waals surface area contributed by atoms with Crippen LogP contribution < -0.4 is 4.74 Å². The van der Waals surface area contributed by atoms with Crippen molar-refractivity contribution in [2.24, 2.45) is 0 Å². The number of rotatable bonds is 4. The van der Waals surface area contributed by atoms with Gasteiger partial charge in [-0.25, -0.2) is 4.79 Å². The zero-order valence-electron chi connectivity index (χ0n) is 7.74. The Morgan fingerprint density at radius 3 is 2.93 bits per heavy atom. The lowest BCUT2D eigenvalue weighted by molar-refractivity contribution is -0.139. The molecule has 0 aliphatic carbocycles. The highest BCUT2D eigenvalue weighted by molar-refractivity contribution is 6.30. The van der Waals surface area contributed by atoms with E-state index in [1.165, 1.54) is 0 Å². The lowest BCUT2D eigenvalue weighted by Crippen LogP contribution is -2.10. The molecule has 1 N–H and O–H groups in total. The summed E-state index contributed by atoms with van der Waals surface area (Å²) in [5, 5.41) is 17.5. The van der Waals surface area contributed by atoms with E-state index in [2.05, 4.69) is 0 Å². The minimum Gasteiger partial charge on any atom is -0.482 e. The van der Waals surface area contributed by atoms with Crippen LogP contribution in [0.4, 0.5) is 0 Å². The number of hydrogen-bond donors (Lipinski definition) is 1. The van der Waals surface area contributed by atoms with E-state index in [1.54, 1.807) is 18.2 Å². The molecule has 0 saturated heterocycles. The summed E-state index contributed by atoms with van der Waals surface area (Å²) in [7, 11) is 0. The van der Waals surface area contributed by atoms with Crippen molar-refractivity contribution < 1.29 is 14.6 Å². The SMILES string of the molecule is N#CCc1cc(Cl)ccc1OCC(=O)O. The molecular weight excluding hydrogens is 218 g/mol. The van der Waals surface area contributed by atoms with Gasteiger partial charge in [-0.05, 0) is 18.2 Å². The number of carboxylic acid groups (broad SMARTS) is 1. The van der Waals surface area contributed by atoms with E-state index in [1.807, 2.05) is 6.07 Å². The van der Waals surface area contributed by atoms with Crippen LogP contribution in [-0.4, -0.2) is 17.7 Å². The van der Waals surface area contributed by atoms with Crippen LogP contribution in [0.2, 0.25) is 5.02 Å². The fraction of sp³-hybridized carbons (Fsp3) is 0.200. The molecular formula is C10H8ClNO3. The maximum Gasteiger partial charge on any atom is 0.341 e. The highest BCUT2D eigenvalue weighted by atomic mass is 35.5. The Morgan fingerprint density at radius 1 is 1.60 bits per heavy atom. The summed E-state index contributed by atoms with van der Waals surface area (Å²) in [4.78, 5) is 10.3. The van der Waals surface area contributed by atoms with Crippen LogP contribution in [0.25, 0.3) is 0 Å². The third-order valence-electron chi connectivity index (χ3n) is 1.64. The third-order valence-corrected chi connectivity index (χ3v) is 1.88. The van der Waals surface area contributed by atoms with E-state index < -0.39 is 12.6 Å². The molecule has 78 valence electrons. The van der Waals surface area contributed by atoms with Crippen molar-refractivity contribution in [2.75, 3.05) is 6.61 Å². The first kappa shape index (κ1) is 11.3. The second kappa shape index (κ2) is 5.23. The molecule has 5 heteroatoms. The van der Waals surface area contributed by atoms with Gasteiger partial charge < -0.3 is 9.84 Å². The van der Waals surface area contributed by atoms with E-state index in [4.69, 9.17) is 26.7 Å². The molecule has 0 spiro atoms. The van der Waals surface area contributed by atoms with E-state index in [0.29, 0.717) is 16.3 Å². The maximum absolute atomic E-state index is 10.3. The van der Waals surface area contributed by atoms with Gasteiger partial charge in [-0.15, -0.1) is 0 Å². The fourth-order valence-corrected chi connectivity index (χ4v) is 1.25. The summed E-state index contributed by atoms with van der Waals surface area (Å²) in [6, 6.07) is 6.67. The predicted octanol–water partition coefficient (Wildman–Crippen LogP) is 1.87. The fourth-order valence-electron chi connectivity index (χ4n) is 1.05. The van der Waals surface area contributed by atoms with Crippen LogP contribution in [0.3, 0.4) is 0 Å². The number of ether oxygens (including phenoxy) is 1. The van der Waals surface area contributed by atoms with E-state index in [0.717, 1.165) is 0 Å².